The number of aryl methyl sites for hydroxylation is 1. The van der Waals surface area contributed by atoms with Crippen molar-refractivity contribution >= 4 is 17.9 Å². The zero-order valence-corrected chi connectivity index (χ0v) is 16.2. The van der Waals surface area contributed by atoms with Crippen LogP contribution >= 0.6 is 0 Å². The summed E-state index contributed by atoms with van der Waals surface area (Å²) in [7, 11) is 0. The van der Waals surface area contributed by atoms with Gasteiger partial charge in [0.25, 0.3) is 0 Å². The van der Waals surface area contributed by atoms with Crippen LogP contribution in [0.4, 0.5) is 28.2 Å². The third-order valence-corrected chi connectivity index (χ3v) is 5.07. The number of amides is 2. The third-order valence-electron chi connectivity index (χ3n) is 5.07. The number of hydrogen-bond donors (Lipinski definition) is 1. The van der Waals surface area contributed by atoms with Crippen molar-refractivity contribution < 1.29 is 26.9 Å². The lowest BCUT2D eigenvalue weighted by atomic mass is 9.91. The number of piperidine rings is 1. The molecule has 1 fully saturated rings. The van der Waals surface area contributed by atoms with Crippen LogP contribution in [0.15, 0.2) is 28.3 Å². The monoisotopic (exact) mass is 411 g/mol. The maximum absolute atomic E-state index is 13.6. The molecule has 1 atom stereocenters. The van der Waals surface area contributed by atoms with E-state index in [0.717, 1.165) is 23.3 Å². The van der Waals surface area contributed by atoms with Gasteiger partial charge in [0.05, 0.1) is 5.56 Å². The largest absolute Gasteiger partial charge is 0.416 e. The molecular formula is C20H21F4N3O2. The number of halogens is 4. The first-order chi connectivity index (χ1) is 13.5. The second-order valence-corrected chi connectivity index (χ2v) is 7.23. The summed E-state index contributed by atoms with van der Waals surface area (Å²) in [4.78, 5) is 14.1. The summed E-state index contributed by atoms with van der Waals surface area (Å²) >= 11 is 0. The molecule has 5 nitrogen and oxygen atoms in total. The molecule has 0 spiro atoms. The van der Waals surface area contributed by atoms with E-state index in [0.29, 0.717) is 37.2 Å². The Bertz CT molecular complexity index is 950. The van der Waals surface area contributed by atoms with E-state index in [9.17, 15) is 22.4 Å². The van der Waals surface area contributed by atoms with Crippen LogP contribution in [0.25, 0.3) is 6.08 Å². The third kappa shape index (κ3) is 4.78. The number of benzene rings is 1. The maximum Gasteiger partial charge on any atom is 0.416 e. The first kappa shape index (κ1) is 20.9. The fraction of sp³-hybridized carbons (Fsp3) is 0.400. The van der Waals surface area contributed by atoms with Crippen LogP contribution in [0.5, 0.6) is 0 Å². The molecule has 0 aliphatic carbocycles. The lowest BCUT2D eigenvalue weighted by molar-refractivity contribution is -0.137. The van der Waals surface area contributed by atoms with Crippen molar-refractivity contribution in [2.45, 2.75) is 33.4 Å². The molecule has 1 aromatic heterocycles. The smallest absolute Gasteiger partial charge is 0.359 e. The van der Waals surface area contributed by atoms with Crippen LogP contribution in [0.2, 0.25) is 0 Å². The highest BCUT2D eigenvalue weighted by molar-refractivity contribution is 5.89. The Hall–Kier alpha value is -2.84. The molecule has 3 rings (SSSR count). The highest BCUT2D eigenvalue weighted by atomic mass is 19.4. The minimum absolute atomic E-state index is 0.0905. The molecule has 2 aromatic rings. The molecular weight excluding hydrogens is 390 g/mol. The van der Waals surface area contributed by atoms with Gasteiger partial charge in [-0.15, -0.1) is 0 Å². The van der Waals surface area contributed by atoms with Crippen LogP contribution in [-0.4, -0.2) is 29.2 Å². The molecule has 0 saturated carbocycles. The summed E-state index contributed by atoms with van der Waals surface area (Å²) < 4.78 is 57.3. The Morgan fingerprint density at radius 1 is 1.31 bits per heavy atom. The van der Waals surface area contributed by atoms with E-state index in [4.69, 9.17) is 4.52 Å². The number of nitrogens with zero attached hydrogens (tertiary/aromatic N) is 2. The van der Waals surface area contributed by atoms with Crippen molar-refractivity contribution in [3.05, 3.63) is 52.0 Å². The van der Waals surface area contributed by atoms with Crippen molar-refractivity contribution in [1.29, 1.82) is 0 Å². The average molecular weight is 411 g/mol. The summed E-state index contributed by atoms with van der Waals surface area (Å²) in [5, 5.41) is 6.51. The maximum atomic E-state index is 13.6. The lowest BCUT2D eigenvalue weighted by Crippen LogP contribution is -2.42. The van der Waals surface area contributed by atoms with Crippen LogP contribution < -0.4 is 5.32 Å². The number of alkyl halides is 3. The van der Waals surface area contributed by atoms with Crippen LogP contribution in [0, 0.1) is 25.6 Å². The molecule has 1 unspecified atom stereocenters. The first-order valence-corrected chi connectivity index (χ1v) is 9.11. The average Bonchev–Trinajstić information content (AvgIpc) is 2.94. The Morgan fingerprint density at radius 2 is 2.03 bits per heavy atom. The molecule has 1 N–H and O–H groups in total. The fourth-order valence-corrected chi connectivity index (χ4v) is 3.24. The van der Waals surface area contributed by atoms with Gasteiger partial charge in [0.1, 0.15) is 11.6 Å². The van der Waals surface area contributed by atoms with Crippen molar-refractivity contribution in [2.24, 2.45) is 5.92 Å². The summed E-state index contributed by atoms with van der Waals surface area (Å²) in [5.41, 5.74) is 0.745. The topological polar surface area (TPSA) is 58.4 Å². The molecule has 2 amide bonds. The lowest BCUT2D eigenvalue weighted by Gasteiger charge is -2.33. The van der Waals surface area contributed by atoms with Gasteiger partial charge in [-0.25, -0.2) is 9.18 Å². The molecule has 0 radical (unpaired) electrons. The van der Waals surface area contributed by atoms with Gasteiger partial charge >= 0.3 is 12.2 Å². The molecule has 9 heteroatoms. The van der Waals surface area contributed by atoms with E-state index in [1.807, 2.05) is 6.92 Å². The Kier molecular flexibility index (Phi) is 5.68. The molecule has 156 valence electrons. The molecule has 2 heterocycles. The molecule has 1 aromatic carbocycles. The van der Waals surface area contributed by atoms with E-state index >= 15 is 0 Å². The van der Waals surface area contributed by atoms with Gasteiger partial charge in [-0.2, -0.15) is 13.2 Å². The minimum Gasteiger partial charge on any atom is -0.359 e. The predicted molar refractivity (Wildman–Crippen MR) is 99.7 cm³/mol. The van der Waals surface area contributed by atoms with Gasteiger partial charge in [-0.3, -0.25) is 5.32 Å². The summed E-state index contributed by atoms with van der Waals surface area (Å²) in [6.07, 6.45) is -2.56. The van der Waals surface area contributed by atoms with Crippen LogP contribution in [0.3, 0.4) is 0 Å². The number of hydrogen-bond acceptors (Lipinski definition) is 3. The van der Waals surface area contributed by atoms with E-state index in [-0.39, 0.29) is 17.5 Å². The number of urea groups is 1. The fourth-order valence-electron chi connectivity index (χ4n) is 3.24. The van der Waals surface area contributed by atoms with E-state index in [1.165, 1.54) is 0 Å². The number of nitrogens with one attached hydrogen (secondary N) is 1. The molecule has 29 heavy (non-hydrogen) atoms. The van der Waals surface area contributed by atoms with E-state index < -0.39 is 17.6 Å². The number of anilines is 1. The van der Waals surface area contributed by atoms with Gasteiger partial charge in [0.2, 0.25) is 0 Å². The van der Waals surface area contributed by atoms with E-state index in [1.54, 1.807) is 24.8 Å². The highest BCUT2D eigenvalue weighted by Gasteiger charge is 2.31. The highest BCUT2D eigenvalue weighted by Crippen LogP contribution is 2.32. The minimum atomic E-state index is -4.61. The Labute approximate surface area is 165 Å². The first-order valence-electron chi connectivity index (χ1n) is 9.11. The summed E-state index contributed by atoms with van der Waals surface area (Å²) in [6, 6.07) is 2.16. The Morgan fingerprint density at radius 3 is 2.62 bits per heavy atom. The standard InChI is InChI=1S/C20H21F4N3O2/c1-11-10-27(19(28)25-18-12(2)13(3)29-26-18)5-4-15(11)6-14-7-16(20(22,23)24)9-17(21)8-14/h6-9,11H,4-5,10H2,1-3H3,(H,25,26,28). The number of carbonyl (C=O) groups excluding carboxylic acids is 1. The van der Waals surface area contributed by atoms with Crippen LogP contribution in [-0.2, 0) is 6.18 Å². The molecule has 0 bridgehead atoms. The van der Waals surface area contributed by atoms with E-state index in [2.05, 4.69) is 10.5 Å². The van der Waals surface area contributed by atoms with Gasteiger partial charge in [-0.1, -0.05) is 23.7 Å². The van der Waals surface area contributed by atoms with Gasteiger partial charge in [0, 0.05) is 18.7 Å². The SMILES string of the molecule is Cc1onc(NC(=O)N2CCC(=Cc3cc(F)cc(C(F)(F)F)c3)C(C)C2)c1C. The number of likely N-dealkylation sites (tertiary alicyclic amines) is 1. The van der Waals surface area contributed by atoms with Gasteiger partial charge in [-0.05, 0) is 49.9 Å². The zero-order valence-electron chi connectivity index (χ0n) is 16.2. The Balaban J connectivity index is 1.71. The van der Waals surface area contributed by atoms with Crippen molar-refractivity contribution in [3.63, 3.8) is 0 Å². The van der Waals surface area contributed by atoms with Crippen molar-refractivity contribution in [2.75, 3.05) is 18.4 Å². The number of rotatable bonds is 2. The van der Waals surface area contributed by atoms with Crippen molar-refractivity contribution in [3.8, 4) is 0 Å². The second kappa shape index (κ2) is 7.88. The normalized spacial score (nSPS) is 18.9. The number of carbonyl (C=O) groups is 1. The van der Waals surface area contributed by atoms with Gasteiger partial charge in [0.15, 0.2) is 5.82 Å². The van der Waals surface area contributed by atoms with Crippen LogP contribution in [0.1, 0.15) is 35.8 Å². The summed E-state index contributed by atoms with van der Waals surface area (Å²) in [5.74, 6) is -0.0477. The number of aromatic nitrogens is 1. The van der Waals surface area contributed by atoms with Crippen molar-refractivity contribution in [1.82, 2.24) is 10.1 Å². The molecule has 1 aliphatic rings. The molecule has 1 aliphatic heterocycles. The quantitative estimate of drug-likeness (QED) is 0.673. The molecule has 1 saturated heterocycles. The van der Waals surface area contributed by atoms with Gasteiger partial charge < -0.3 is 9.42 Å². The second-order valence-electron chi connectivity index (χ2n) is 7.23. The zero-order chi connectivity index (χ0) is 21.3. The summed E-state index contributed by atoms with van der Waals surface area (Å²) in [6.45, 7) is 6.18. The predicted octanol–water partition coefficient (Wildman–Crippen LogP) is 5.41.